The summed E-state index contributed by atoms with van der Waals surface area (Å²) in [5, 5.41) is 0.948. The Hall–Kier alpha value is -2.53. The summed E-state index contributed by atoms with van der Waals surface area (Å²) in [7, 11) is 0. The van der Waals surface area contributed by atoms with Crippen molar-refractivity contribution in [1.29, 1.82) is 0 Å². The average Bonchev–Trinajstić information content (AvgIpc) is 3.13. The molecule has 5 nitrogen and oxygen atoms in total. The summed E-state index contributed by atoms with van der Waals surface area (Å²) >= 11 is 0. The highest BCUT2D eigenvalue weighted by molar-refractivity contribution is 5.98. The fraction of sp³-hybridized carbons (Fsp3) is 0.381. The van der Waals surface area contributed by atoms with Gasteiger partial charge in [-0.25, -0.2) is 9.97 Å². The molecule has 0 aliphatic carbocycles. The van der Waals surface area contributed by atoms with Gasteiger partial charge in [-0.1, -0.05) is 6.07 Å². The van der Waals surface area contributed by atoms with Crippen LogP contribution in [-0.4, -0.2) is 40.3 Å². The Kier molecular flexibility index (Phi) is 3.82. The quantitative estimate of drug-likeness (QED) is 0.672. The topological polar surface area (TPSA) is 59.2 Å². The number of rotatable bonds is 4. The van der Waals surface area contributed by atoms with Crippen molar-refractivity contribution < 1.29 is 9.21 Å². The number of carbonyl (C=O) groups is 1. The first kappa shape index (κ1) is 15.7. The van der Waals surface area contributed by atoms with Gasteiger partial charge in [0.15, 0.2) is 11.5 Å². The molecule has 6 rings (SSSR count). The molecule has 2 aromatic heterocycles. The first-order valence-corrected chi connectivity index (χ1v) is 9.31. The molecule has 3 aliphatic rings. The molecule has 1 aromatic carbocycles. The van der Waals surface area contributed by atoms with Crippen LogP contribution in [0.15, 0.2) is 47.4 Å². The SMILES string of the molecule is O=C(C[C@H]1CN2CCC1CC2)c1cc2cc(-c3cncnc3)ccc2o1. The first-order chi connectivity index (χ1) is 12.8. The largest absolute Gasteiger partial charge is 0.453 e. The van der Waals surface area contributed by atoms with E-state index < -0.39 is 0 Å². The molecular formula is C21H21N3O2. The number of nitrogens with zero attached hydrogens (tertiary/aromatic N) is 3. The Balaban J connectivity index is 1.38. The zero-order valence-electron chi connectivity index (χ0n) is 14.6. The number of Topliss-reactive ketones (excluding diaryl/α,β-unsaturated/α-hetero) is 1. The second-order valence-corrected chi connectivity index (χ2v) is 7.52. The van der Waals surface area contributed by atoms with Gasteiger partial charge in [-0.3, -0.25) is 4.79 Å². The maximum Gasteiger partial charge on any atom is 0.198 e. The molecule has 5 heterocycles. The van der Waals surface area contributed by atoms with Crippen molar-refractivity contribution in [3.63, 3.8) is 0 Å². The van der Waals surface area contributed by atoms with E-state index in [1.807, 2.05) is 24.3 Å². The minimum Gasteiger partial charge on any atom is -0.453 e. The van der Waals surface area contributed by atoms with E-state index in [0.29, 0.717) is 24.0 Å². The van der Waals surface area contributed by atoms with E-state index in [0.717, 1.165) is 28.6 Å². The number of piperidine rings is 3. The lowest BCUT2D eigenvalue weighted by Crippen LogP contribution is -2.47. The van der Waals surface area contributed by atoms with Crippen LogP contribution in [0, 0.1) is 11.8 Å². The van der Waals surface area contributed by atoms with Gasteiger partial charge in [0.1, 0.15) is 11.9 Å². The molecule has 1 atom stereocenters. The van der Waals surface area contributed by atoms with Crippen molar-refractivity contribution in [2.75, 3.05) is 19.6 Å². The van der Waals surface area contributed by atoms with Gasteiger partial charge in [0, 0.05) is 36.3 Å². The normalized spacial score (nSPS) is 24.8. The molecule has 2 bridgehead atoms. The van der Waals surface area contributed by atoms with Crippen LogP contribution in [0.5, 0.6) is 0 Å². The van der Waals surface area contributed by atoms with Crippen LogP contribution in [0.4, 0.5) is 0 Å². The molecule has 0 radical (unpaired) electrons. The van der Waals surface area contributed by atoms with E-state index in [1.165, 1.54) is 32.3 Å². The highest BCUT2D eigenvalue weighted by Crippen LogP contribution is 2.35. The third-order valence-corrected chi connectivity index (χ3v) is 5.92. The van der Waals surface area contributed by atoms with Gasteiger partial charge in [0.25, 0.3) is 0 Å². The van der Waals surface area contributed by atoms with E-state index >= 15 is 0 Å². The average molecular weight is 347 g/mol. The van der Waals surface area contributed by atoms with Gasteiger partial charge >= 0.3 is 0 Å². The summed E-state index contributed by atoms with van der Waals surface area (Å²) in [6.07, 6.45) is 8.16. The minimum absolute atomic E-state index is 0.129. The van der Waals surface area contributed by atoms with Gasteiger partial charge < -0.3 is 9.32 Å². The molecule has 0 amide bonds. The summed E-state index contributed by atoms with van der Waals surface area (Å²) in [5.74, 6) is 1.80. The molecule has 0 N–H and O–H groups in total. The van der Waals surface area contributed by atoms with Crippen LogP contribution in [0.1, 0.15) is 29.8 Å². The predicted octanol–water partition coefficient (Wildman–Crippen LogP) is 3.80. The summed E-state index contributed by atoms with van der Waals surface area (Å²) in [6, 6.07) is 7.81. The Labute approximate surface area is 152 Å². The lowest BCUT2D eigenvalue weighted by atomic mass is 9.76. The highest BCUT2D eigenvalue weighted by Gasteiger charge is 2.35. The molecule has 5 heteroatoms. The van der Waals surface area contributed by atoms with Crippen molar-refractivity contribution in [3.05, 3.63) is 48.7 Å². The van der Waals surface area contributed by atoms with Crippen LogP contribution >= 0.6 is 0 Å². The minimum atomic E-state index is 0.129. The standard InChI is InChI=1S/C21H21N3O2/c25-19(8-17-12-24-5-3-14(17)4-6-24)21-9-16-7-15(1-2-20(16)26-21)18-10-22-13-23-11-18/h1-2,7,9-11,13-14,17H,3-6,8,12H2/t17-/m0/s1. The maximum atomic E-state index is 12.8. The lowest BCUT2D eigenvalue weighted by molar-refractivity contribution is 0.0433. The fourth-order valence-electron chi connectivity index (χ4n) is 4.47. The molecule has 132 valence electrons. The molecule has 0 saturated carbocycles. The van der Waals surface area contributed by atoms with Crippen LogP contribution < -0.4 is 0 Å². The first-order valence-electron chi connectivity index (χ1n) is 9.31. The Bertz CT molecular complexity index is 942. The molecule has 3 saturated heterocycles. The third-order valence-electron chi connectivity index (χ3n) is 5.92. The van der Waals surface area contributed by atoms with Crippen molar-refractivity contribution >= 4 is 16.8 Å². The smallest absolute Gasteiger partial charge is 0.198 e. The number of benzene rings is 1. The van der Waals surface area contributed by atoms with E-state index in [9.17, 15) is 4.79 Å². The number of hydrogen-bond acceptors (Lipinski definition) is 5. The van der Waals surface area contributed by atoms with Crippen molar-refractivity contribution in [2.45, 2.75) is 19.3 Å². The Morgan fingerprint density at radius 1 is 1.12 bits per heavy atom. The fourth-order valence-corrected chi connectivity index (χ4v) is 4.47. The summed E-state index contributed by atoms with van der Waals surface area (Å²) in [4.78, 5) is 23.4. The molecule has 26 heavy (non-hydrogen) atoms. The molecule has 3 aliphatic heterocycles. The monoisotopic (exact) mass is 347 g/mol. The maximum absolute atomic E-state index is 12.8. The summed E-state index contributed by atoms with van der Waals surface area (Å²) < 4.78 is 5.85. The molecule has 3 fully saturated rings. The number of fused-ring (bicyclic) bond motifs is 4. The number of ketones is 1. The van der Waals surface area contributed by atoms with Crippen LogP contribution in [0.25, 0.3) is 22.1 Å². The number of furan rings is 1. The van der Waals surface area contributed by atoms with Crippen molar-refractivity contribution in [3.8, 4) is 11.1 Å². The molecule has 0 spiro atoms. The third kappa shape index (κ3) is 2.82. The number of aromatic nitrogens is 2. The van der Waals surface area contributed by atoms with E-state index in [1.54, 1.807) is 12.4 Å². The van der Waals surface area contributed by atoms with Crippen LogP contribution in [0.3, 0.4) is 0 Å². The van der Waals surface area contributed by atoms with Gasteiger partial charge in [-0.05, 0) is 61.5 Å². The van der Waals surface area contributed by atoms with Gasteiger partial charge in [-0.15, -0.1) is 0 Å². The van der Waals surface area contributed by atoms with Crippen LogP contribution in [0.2, 0.25) is 0 Å². The summed E-state index contributed by atoms with van der Waals surface area (Å²) in [6.45, 7) is 3.47. The second-order valence-electron chi connectivity index (χ2n) is 7.52. The van der Waals surface area contributed by atoms with Crippen LogP contribution in [-0.2, 0) is 0 Å². The Morgan fingerprint density at radius 3 is 2.65 bits per heavy atom. The molecule has 3 aromatic rings. The number of carbonyl (C=O) groups excluding carboxylic acids is 1. The van der Waals surface area contributed by atoms with Crippen molar-refractivity contribution in [2.24, 2.45) is 11.8 Å². The van der Waals surface area contributed by atoms with Gasteiger partial charge in [0.2, 0.25) is 0 Å². The van der Waals surface area contributed by atoms with E-state index in [-0.39, 0.29) is 5.78 Å². The second kappa shape index (κ2) is 6.32. The zero-order chi connectivity index (χ0) is 17.5. The van der Waals surface area contributed by atoms with E-state index in [4.69, 9.17) is 4.42 Å². The van der Waals surface area contributed by atoms with Gasteiger partial charge in [-0.2, -0.15) is 0 Å². The Morgan fingerprint density at radius 2 is 1.92 bits per heavy atom. The summed E-state index contributed by atoms with van der Waals surface area (Å²) in [5.41, 5.74) is 2.73. The highest BCUT2D eigenvalue weighted by atomic mass is 16.3. The predicted molar refractivity (Wildman–Crippen MR) is 98.8 cm³/mol. The van der Waals surface area contributed by atoms with E-state index in [2.05, 4.69) is 14.9 Å². The molecule has 0 unspecified atom stereocenters. The molecular weight excluding hydrogens is 326 g/mol. The number of hydrogen-bond donors (Lipinski definition) is 0. The van der Waals surface area contributed by atoms with Crippen molar-refractivity contribution in [1.82, 2.24) is 14.9 Å². The lowest BCUT2D eigenvalue weighted by Gasteiger charge is -2.44. The zero-order valence-corrected chi connectivity index (χ0v) is 14.6. The van der Waals surface area contributed by atoms with Gasteiger partial charge in [0.05, 0.1) is 0 Å².